The summed E-state index contributed by atoms with van der Waals surface area (Å²) in [5, 5.41) is 7.49. The van der Waals surface area contributed by atoms with Crippen LogP contribution in [-0.2, 0) is 16.1 Å². The highest BCUT2D eigenvalue weighted by Crippen LogP contribution is 2.15. The van der Waals surface area contributed by atoms with Gasteiger partial charge in [0.1, 0.15) is 6.54 Å². The summed E-state index contributed by atoms with van der Waals surface area (Å²) in [6.45, 7) is 2.97. The molecule has 3 rings (SSSR count). The molecular weight excluding hydrogens is 310 g/mol. The number of methoxy groups -OCH3 is 1. The summed E-state index contributed by atoms with van der Waals surface area (Å²) >= 11 is 0. The van der Waals surface area contributed by atoms with Gasteiger partial charge in [0.05, 0.1) is 13.3 Å². The Hall–Kier alpha value is -2.90. The Balaban J connectivity index is 1.54. The molecule has 0 unspecified atom stereocenters. The molecule has 0 bridgehead atoms. The maximum Gasteiger partial charge on any atom is 0.360 e. The number of amides is 1. The van der Waals surface area contributed by atoms with Crippen molar-refractivity contribution >= 4 is 17.6 Å². The van der Waals surface area contributed by atoms with Crippen molar-refractivity contribution in [2.24, 2.45) is 0 Å². The van der Waals surface area contributed by atoms with Crippen LogP contribution in [-0.4, -0.2) is 65.1 Å². The summed E-state index contributed by atoms with van der Waals surface area (Å²) in [5.41, 5.74) is 1.27. The Bertz CT molecular complexity index is 708. The first kappa shape index (κ1) is 16.0. The van der Waals surface area contributed by atoms with Crippen molar-refractivity contribution in [3.05, 3.63) is 42.2 Å². The lowest BCUT2D eigenvalue weighted by molar-refractivity contribution is -0.132. The Morgan fingerprint density at radius 1 is 1.12 bits per heavy atom. The zero-order valence-electron chi connectivity index (χ0n) is 13.5. The molecule has 1 aliphatic rings. The average molecular weight is 329 g/mol. The van der Waals surface area contributed by atoms with Crippen molar-refractivity contribution in [2.75, 3.05) is 38.2 Å². The summed E-state index contributed by atoms with van der Waals surface area (Å²) in [4.78, 5) is 27.8. The minimum atomic E-state index is -0.565. The summed E-state index contributed by atoms with van der Waals surface area (Å²) in [6, 6.07) is 10.2. The van der Waals surface area contributed by atoms with Crippen molar-refractivity contribution in [1.82, 2.24) is 19.9 Å². The molecule has 1 amide bonds. The summed E-state index contributed by atoms with van der Waals surface area (Å²) in [5.74, 6) is -0.603. The normalized spacial score (nSPS) is 14.5. The second kappa shape index (κ2) is 7.12. The van der Waals surface area contributed by atoms with Gasteiger partial charge in [-0.15, -0.1) is 5.10 Å². The standard InChI is InChI=1S/C16H19N5O3/c1-24-16(23)14-11-21(18-17-14)12-15(22)20-9-7-19(8-10-20)13-5-3-2-4-6-13/h2-6,11H,7-10,12H2,1H3. The van der Waals surface area contributed by atoms with E-state index in [1.54, 1.807) is 4.90 Å². The lowest BCUT2D eigenvalue weighted by atomic mass is 10.2. The van der Waals surface area contributed by atoms with E-state index in [0.29, 0.717) is 13.1 Å². The van der Waals surface area contributed by atoms with Crippen LogP contribution in [0.15, 0.2) is 36.5 Å². The van der Waals surface area contributed by atoms with E-state index in [9.17, 15) is 9.59 Å². The highest BCUT2D eigenvalue weighted by atomic mass is 16.5. The SMILES string of the molecule is COC(=O)c1cn(CC(=O)N2CCN(c3ccccc3)CC2)nn1. The lowest BCUT2D eigenvalue weighted by Crippen LogP contribution is -2.49. The maximum absolute atomic E-state index is 12.4. The van der Waals surface area contributed by atoms with Crippen LogP contribution in [0.5, 0.6) is 0 Å². The van der Waals surface area contributed by atoms with Crippen LogP contribution < -0.4 is 4.90 Å². The number of ether oxygens (including phenoxy) is 1. The number of nitrogens with zero attached hydrogens (tertiary/aromatic N) is 5. The van der Waals surface area contributed by atoms with Gasteiger partial charge in [-0.3, -0.25) is 4.79 Å². The highest BCUT2D eigenvalue weighted by molar-refractivity contribution is 5.86. The fourth-order valence-electron chi connectivity index (χ4n) is 2.67. The average Bonchev–Trinajstić information content (AvgIpc) is 3.10. The number of hydrogen-bond donors (Lipinski definition) is 0. The van der Waals surface area contributed by atoms with Crippen molar-refractivity contribution in [1.29, 1.82) is 0 Å². The number of anilines is 1. The third-order valence-corrected chi connectivity index (χ3v) is 3.98. The predicted molar refractivity (Wildman–Crippen MR) is 86.6 cm³/mol. The fraction of sp³-hybridized carbons (Fsp3) is 0.375. The molecule has 126 valence electrons. The summed E-state index contributed by atoms with van der Waals surface area (Å²) in [7, 11) is 1.28. The third kappa shape index (κ3) is 3.53. The predicted octanol–water partition coefficient (Wildman–Crippen LogP) is 0.413. The molecule has 8 nitrogen and oxygen atoms in total. The number of carbonyl (C=O) groups is 2. The van der Waals surface area contributed by atoms with Crippen LogP contribution in [0.1, 0.15) is 10.5 Å². The van der Waals surface area contributed by atoms with E-state index in [0.717, 1.165) is 13.1 Å². The van der Waals surface area contributed by atoms with E-state index in [-0.39, 0.29) is 18.1 Å². The number of hydrogen-bond acceptors (Lipinski definition) is 6. The molecule has 0 aliphatic carbocycles. The molecule has 2 aromatic rings. The zero-order valence-corrected chi connectivity index (χ0v) is 13.5. The van der Waals surface area contributed by atoms with Gasteiger partial charge >= 0.3 is 5.97 Å². The molecule has 1 saturated heterocycles. The number of rotatable bonds is 4. The van der Waals surface area contributed by atoms with E-state index >= 15 is 0 Å². The topological polar surface area (TPSA) is 80.6 Å². The molecule has 0 radical (unpaired) electrons. The number of esters is 1. The summed E-state index contributed by atoms with van der Waals surface area (Å²) in [6.07, 6.45) is 1.42. The van der Waals surface area contributed by atoms with Gasteiger partial charge in [-0.05, 0) is 12.1 Å². The zero-order chi connectivity index (χ0) is 16.9. The van der Waals surface area contributed by atoms with Crippen molar-refractivity contribution < 1.29 is 14.3 Å². The number of para-hydroxylation sites is 1. The van der Waals surface area contributed by atoms with E-state index < -0.39 is 5.97 Å². The first-order valence-corrected chi connectivity index (χ1v) is 7.73. The lowest BCUT2D eigenvalue weighted by Gasteiger charge is -2.36. The second-order valence-corrected chi connectivity index (χ2v) is 5.50. The monoisotopic (exact) mass is 329 g/mol. The Morgan fingerprint density at radius 2 is 1.83 bits per heavy atom. The minimum absolute atomic E-state index is 0.0379. The first-order valence-electron chi connectivity index (χ1n) is 7.73. The summed E-state index contributed by atoms with van der Waals surface area (Å²) < 4.78 is 5.93. The van der Waals surface area contributed by atoms with E-state index in [1.165, 1.54) is 23.7 Å². The van der Waals surface area contributed by atoms with Crippen LogP contribution in [0.25, 0.3) is 0 Å². The molecule has 8 heteroatoms. The van der Waals surface area contributed by atoms with Gasteiger partial charge in [0.25, 0.3) is 0 Å². The molecular formula is C16H19N5O3. The van der Waals surface area contributed by atoms with E-state index in [1.807, 2.05) is 18.2 Å². The maximum atomic E-state index is 12.4. The molecule has 1 aliphatic heterocycles. The fourth-order valence-corrected chi connectivity index (χ4v) is 2.67. The quantitative estimate of drug-likeness (QED) is 0.756. The van der Waals surface area contributed by atoms with Gasteiger partial charge in [-0.25, -0.2) is 9.48 Å². The van der Waals surface area contributed by atoms with Crippen LogP contribution in [0.4, 0.5) is 5.69 Å². The van der Waals surface area contributed by atoms with Crippen molar-refractivity contribution in [3.63, 3.8) is 0 Å². The minimum Gasteiger partial charge on any atom is -0.464 e. The molecule has 1 fully saturated rings. The van der Waals surface area contributed by atoms with Gasteiger partial charge in [0, 0.05) is 31.9 Å². The Kier molecular flexibility index (Phi) is 4.74. The van der Waals surface area contributed by atoms with Gasteiger partial charge in [0.15, 0.2) is 5.69 Å². The molecule has 1 aromatic heterocycles. The smallest absolute Gasteiger partial charge is 0.360 e. The largest absolute Gasteiger partial charge is 0.464 e. The van der Waals surface area contributed by atoms with Gasteiger partial charge < -0.3 is 14.5 Å². The number of piperazine rings is 1. The first-order chi connectivity index (χ1) is 11.7. The Morgan fingerprint density at radius 3 is 2.50 bits per heavy atom. The molecule has 0 saturated carbocycles. The van der Waals surface area contributed by atoms with Gasteiger partial charge in [-0.2, -0.15) is 0 Å². The molecule has 2 heterocycles. The molecule has 0 atom stereocenters. The van der Waals surface area contributed by atoms with Crippen LogP contribution >= 0.6 is 0 Å². The van der Waals surface area contributed by atoms with Crippen LogP contribution in [0.3, 0.4) is 0 Å². The molecule has 24 heavy (non-hydrogen) atoms. The molecule has 0 spiro atoms. The number of benzene rings is 1. The van der Waals surface area contributed by atoms with Gasteiger partial charge in [0.2, 0.25) is 5.91 Å². The number of carbonyl (C=O) groups excluding carboxylic acids is 2. The van der Waals surface area contributed by atoms with E-state index in [4.69, 9.17) is 0 Å². The van der Waals surface area contributed by atoms with E-state index in [2.05, 4.69) is 32.1 Å². The van der Waals surface area contributed by atoms with Crippen LogP contribution in [0, 0.1) is 0 Å². The highest BCUT2D eigenvalue weighted by Gasteiger charge is 2.22. The van der Waals surface area contributed by atoms with Crippen LogP contribution in [0.2, 0.25) is 0 Å². The molecule has 0 N–H and O–H groups in total. The molecule has 1 aromatic carbocycles. The third-order valence-electron chi connectivity index (χ3n) is 3.98. The van der Waals surface area contributed by atoms with Crippen molar-refractivity contribution in [3.8, 4) is 0 Å². The van der Waals surface area contributed by atoms with Crippen molar-refractivity contribution in [2.45, 2.75) is 6.54 Å². The number of aromatic nitrogens is 3. The second-order valence-electron chi connectivity index (χ2n) is 5.50. The van der Waals surface area contributed by atoms with Gasteiger partial charge in [-0.1, -0.05) is 23.4 Å². The Labute approximate surface area is 139 Å².